The molecule has 0 aliphatic heterocycles. The molecule has 0 spiro atoms. The number of hydrogen-bond acceptors (Lipinski definition) is 2. The molecule has 0 N–H and O–H groups in total. The molecular formula is C69H58N2. The van der Waals surface area contributed by atoms with Crippen LogP contribution < -0.4 is 9.80 Å². The summed E-state index contributed by atoms with van der Waals surface area (Å²) in [6, 6.07) is 91.7. The van der Waals surface area contributed by atoms with Crippen molar-refractivity contribution in [1.29, 1.82) is 0 Å². The van der Waals surface area contributed by atoms with Crippen molar-refractivity contribution >= 4 is 44.9 Å². The highest BCUT2D eigenvalue weighted by molar-refractivity contribution is 5.91. The zero-order valence-electron chi connectivity index (χ0n) is 40.2. The lowest BCUT2D eigenvalue weighted by Gasteiger charge is -2.55. The van der Waals surface area contributed by atoms with E-state index in [1.165, 1.54) is 112 Å². The summed E-state index contributed by atoms with van der Waals surface area (Å²) in [5.74, 6) is 2.82. The molecule has 3 aliphatic rings. The number of nitrogens with zero attached hydrogens (tertiary/aromatic N) is 2. The number of rotatable bonds is 11. The SMILES string of the molecule is c1ccc(-c2ccc(N(c3ccc(-c4ccc(N(c5ccc(C67CCC8CCC(CC8C6)C7)cc5)c5ccc6ccccc6c5)cc4)cc3)c3ccc(-c4ccccc4)c(-c4ccccc4)c3)cc2)cc1. The van der Waals surface area contributed by atoms with Gasteiger partial charge < -0.3 is 9.80 Å². The predicted octanol–water partition coefficient (Wildman–Crippen LogP) is 19.3. The molecule has 0 saturated heterocycles. The maximum absolute atomic E-state index is 2.49. The molecule has 0 amide bonds. The van der Waals surface area contributed by atoms with Crippen LogP contribution >= 0.6 is 0 Å². The van der Waals surface area contributed by atoms with Crippen LogP contribution in [-0.2, 0) is 5.41 Å². The van der Waals surface area contributed by atoms with Gasteiger partial charge in [0, 0.05) is 34.1 Å². The molecule has 10 aromatic rings. The van der Waals surface area contributed by atoms with Crippen molar-refractivity contribution in [2.24, 2.45) is 17.8 Å². The van der Waals surface area contributed by atoms with Gasteiger partial charge in [-0.15, -0.1) is 0 Å². The first kappa shape index (κ1) is 43.1. The van der Waals surface area contributed by atoms with Crippen molar-refractivity contribution in [3.8, 4) is 44.5 Å². The van der Waals surface area contributed by atoms with Crippen LogP contribution in [0.3, 0.4) is 0 Å². The molecule has 3 bridgehead atoms. The number of fused-ring (bicyclic) bond motifs is 3. The molecule has 0 radical (unpaired) electrons. The van der Waals surface area contributed by atoms with Crippen molar-refractivity contribution in [2.75, 3.05) is 9.80 Å². The molecule has 344 valence electrons. The minimum atomic E-state index is 0.357. The average Bonchev–Trinajstić information content (AvgIpc) is 3.44. The smallest absolute Gasteiger partial charge is 0.0468 e. The van der Waals surface area contributed by atoms with Gasteiger partial charge in [0.15, 0.2) is 0 Å². The fraction of sp³-hybridized carbons (Fsp3) is 0.159. The Morgan fingerprint density at radius 2 is 0.761 bits per heavy atom. The Kier molecular flexibility index (Phi) is 11.2. The van der Waals surface area contributed by atoms with Gasteiger partial charge in [-0.3, -0.25) is 0 Å². The first-order chi connectivity index (χ1) is 35.1. The van der Waals surface area contributed by atoms with Gasteiger partial charge in [-0.2, -0.15) is 0 Å². The Morgan fingerprint density at radius 1 is 0.310 bits per heavy atom. The van der Waals surface area contributed by atoms with Gasteiger partial charge in [-0.05, 0) is 195 Å². The minimum absolute atomic E-state index is 0.357. The quantitative estimate of drug-likeness (QED) is 0.128. The fourth-order valence-electron chi connectivity index (χ4n) is 13.0. The van der Waals surface area contributed by atoms with Crippen LogP contribution in [0, 0.1) is 17.8 Å². The third-order valence-electron chi connectivity index (χ3n) is 16.6. The van der Waals surface area contributed by atoms with Gasteiger partial charge in [-0.25, -0.2) is 0 Å². The molecule has 13 rings (SSSR count). The molecule has 2 nitrogen and oxygen atoms in total. The van der Waals surface area contributed by atoms with E-state index in [0.29, 0.717) is 5.41 Å². The summed E-state index contributed by atoms with van der Waals surface area (Å²) in [6.07, 6.45) is 9.93. The maximum atomic E-state index is 2.49. The van der Waals surface area contributed by atoms with Crippen LogP contribution in [0.2, 0.25) is 0 Å². The Balaban J connectivity index is 0.844. The van der Waals surface area contributed by atoms with Crippen LogP contribution in [0.4, 0.5) is 34.1 Å². The molecule has 0 aromatic heterocycles. The number of benzene rings is 10. The molecule has 3 saturated carbocycles. The first-order valence-corrected chi connectivity index (χ1v) is 25.9. The lowest BCUT2D eigenvalue weighted by atomic mass is 9.50. The normalized spacial score (nSPS) is 19.1. The molecule has 10 aromatic carbocycles. The molecule has 4 unspecified atom stereocenters. The second kappa shape index (κ2) is 18.4. The van der Waals surface area contributed by atoms with E-state index >= 15 is 0 Å². The fourth-order valence-corrected chi connectivity index (χ4v) is 13.0. The van der Waals surface area contributed by atoms with Gasteiger partial charge in [-0.1, -0.05) is 182 Å². The van der Waals surface area contributed by atoms with Crippen LogP contribution in [0.5, 0.6) is 0 Å². The Bertz CT molecular complexity index is 3430. The van der Waals surface area contributed by atoms with Crippen molar-refractivity contribution in [1.82, 2.24) is 0 Å². The van der Waals surface area contributed by atoms with E-state index in [9.17, 15) is 0 Å². The molecule has 4 atom stereocenters. The van der Waals surface area contributed by atoms with Crippen LogP contribution in [0.1, 0.15) is 50.5 Å². The van der Waals surface area contributed by atoms with Crippen molar-refractivity contribution < 1.29 is 0 Å². The highest BCUT2D eigenvalue weighted by Crippen LogP contribution is 2.59. The van der Waals surface area contributed by atoms with E-state index in [-0.39, 0.29) is 0 Å². The predicted molar refractivity (Wildman–Crippen MR) is 300 cm³/mol. The second-order valence-electron chi connectivity index (χ2n) is 20.6. The molecule has 2 heteroatoms. The zero-order chi connectivity index (χ0) is 47.1. The van der Waals surface area contributed by atoms with Gasteiger partial charge >= 0.3 is 0 Å². The molecule has 71 heavy (non-hydrogen) atoms. The Hall–Kier alpha value is -7.94. The van der Waals surface area contributed by atoms with Gasteiger partial charge in [0.05, 0.1) is 0 Å². The summed E-state index contributed by atoms with van der Waals surface area (Å²) in [7, 11) is 0. The molecular weight excluding hydrogens is 857 g/mol. The summed E-state index contributed by atoms with van der Waals surface area (Å²) in [4.78, 5) is 4.83. The topological polar surface area (TPSA) is 6.48 Å². The summed E-state index contributed by atoms with van der Waals surface area (Å²) in [6.45, 7) is 0. The maximum Gasteiger partial charge on any atom is 0.0468 e. The van der Waals surface area contributed by atoms with Crippen LogP contribution in [0.15, 0.2) is 249 Å². The number of hydrogen-bond donors (Lipinski definition) is 0. The van der Waals surface area contributed by atoms with E-state index in [1.807, 2.05) is 0 Å². The lowest BCUT2D eigenvalue weighted by molar-refractivity contribution is 0.00964. The third-order valence-corrected chi connectivity index (χ3v) is 16.6. The summed E-state index contributed by atoms with van der Waals surface area (Å²) in [5.41, 5.74) is 18.3. The van der Waals surface area contributed by atoms with Crippen molar-refractivity contribution in [3.63, 3.8) is 0 Å². The molecule has 0 heterocycles. The third kappa shape index (κ3) is 8.32. The lowest BCUT2D eigenvalue weighted by Crippen LogP contribution is -2.46. The largest absolute Gasteiger partial charge is 0.310 e. The van der Waals surface area contributed by atoms with Gasteiger partial charge in [0.2, 0.25) is 0 Å². The van der Waals surface area contributed by atoms with Crippen LogP contribution in [0.25, 0.3) is 55.3 Å². The summed E-state index contributed by atoms with van der Waals surface area (Å²) in [5, 5.41) is 2.50. The first-order valence-electron chi connectivity index (χ1n) is 25.9. The monoisotopic (exact) mass is 914 g/mol. The summed E-state index contributed by atoms with van der Waals surface area (Å²) < 4.78 is 0. The van der Waals surface area contributed by atoms with Gasteiger partial charge in [0.1, 0.15) is 0 Å². The van der Waals surface area contributed by atoms with Crippen molar-refractivity contribution in [2.45, 2.75) is 50.4 Å². The zero-order valence-corrected chi connectivity index (χ0v) is 40.2. The number of anilines is 6. The Labute approximate surface area is 419 Å². The standard InChI is InChI=1S/C69H58N2/c1-4-12-50(13-5-1)52-22-31-62(32-23-52)71(66-40-41-67(56-15-6-2-7-16-56)68(46-66)57-17-8-3-9-18-57)63-35-26-54(27-36-63)53-24-33-61(34-25-53)70(65-37-28-51-14-10-11-19-58(51)45-65)64-38-29-60(30-39-64)69-43-42-55-21-20-49(47-69)44-59(55)48-69/h1-19,22-41,45-46,49,55,59H,20-21,42-44,47-48H2. The second-order valence-corrected chi connectivity index (χ2v) is 20.6. The van der Waals surface area contributed by atoms with E-state index in [2.05, 4.69) is 259 Å². The highest BCUT2D eigenvalue weighted by Gasteiger charge is 2.49. The molecule has 3 aliphatic carbocycles. The van der Waals surface area contributed by atoms with E-state index in [0.717, 1.165) is 40.5 Å². The minimum Gasteiger partial charge on any atom is -0.310 e. The average molecular weight is 915 g/mol. The van der Waals surface area contributed by atoms with Crippen molar-refractivity contribution in [3.05, 3.63) is 254 Å². The van der Waals surface area contributed by atoms with E-state index < -0.39 is 0 Å². The summed E-state index contributed by atoms with van der Waals surface area (Å²) >= 11 is 0. The Morgan fingerprint density at radius 3 is 1.34 bits per heavy atom. The van der Waals surface area contributed by atoms with E-state index in [4.69, 9.17) is 0 Å². The van der Waals surface area contributed by atoms with Gasteiger partial charge in [0.25, 0.3) is 0 Å². The van der Waals surface area contributed by atoms with E-state index in [1.54, 1.807) is 5.56 Å². The molecule has 3 fully saturated rings. The highest BCUT2D eigenvalue weighted by atomic mass is 15.1. The van der Waals surface area contributed by atoms with Crippen LogP contribution in [-0.4, -0.2) is 0 Å².